The molecule has 3 rings (SSSR count). The highest BCUT2D eigenvalue weighted by atomic mass is 16.1. The van der Waals surface area contributed by atoms with Gasteiger partial charge in [-0.15, -0.1) is 0 Å². The lowest BCUT2D eigenvalue weighted by Gasteiger charge is -2.18. The molecular formula is C20H23NO2. The summed E-state index contributed by atoms with van der Waals surface area (Å²) in [6.45, 7) is 2.76. The molecule has 1 heterocycles. The van der Waals surface area contributed by atoms with Crippen molar-refractivity contribution in [2.45, 2.75) is 52.0 Å². The number of aldehydes is 1. The summed E-state index contributed by atoms with van der Waals surface area (Å²) in [6.07, 6.45) is 7.38. The molecule has 1 aliphatic rings. The Bertz CT molecular complexity index is 774. The molecule has 3 heteroatoms. The third-order valence-corrected chi connectivity index (χ3v) is 4.71. The summed E-state index contributed by atoms with van der Waals surface area (Å²) in [5, 5.41) is 0. The molecule has 0 bridgehead atoms. The van der Waals surface area contributed by atoms with Crippen LogP contribution >= 0.6 is 0 Å². The molecule has 1 aliphatic carbocycles. The van der Waals surface area contributed by atoms with Gasteiger partial charge in [-0.05, 0) is 67.0 Å². The molecule has 23 heavy (non-hydrogen) atoms. The molecular weight excluding hydrogens is 286 g/mol. The fraction of sp³-hybridized carbons (Fsp3) is 0.400. The first kappa shape index (κ1) is 15.7. The van der Waals surface area contributed by atoms with Crippen LogP contribution in [0.15, 0.2) is 35.1 Å². The van der Waals surface area contributed by atoms with Gasteiger partial charge in [-0.25, -0.2) is 0 Å². The summed E-state index contributed by atoms with van der Waals surface area (Å²) in [7, 11) is 0. The smallest absolute Gasteiger partial charge is 0.261 e. The summed E-state index contributed by atoms with van der Waals surface area (Å²) < 4.78 is 1.76. The average Bonchev–Trinajstić information content (AvgIpc) is 2.60. The van der Waals surface area contributed by atoms with E-state index < -0.39 is 0 Å². The number of carbonyl (C=O) groups is 1. The van der Waals surface area contributed by atoms with Crippen LogP contribution in [0.5, 0.6) is 0 Å². The van der Waals surface area contributed by atoms with Crippen LogP contribution in [0.25, 0.3) is 11.3 Å². The lowest BCUT2D eigenvalue weighted by atomic mass is 9.90. The molecule has 0 saturated carbocycles. The molecule has 0 spiro atoms. The van der Waals surface area contributed by atoms with Crippen LogP contribution in [0.3, 0.4) is 0 Å². The second-order valence-electron chi connectivity index (χ2n) is 6.29. The van der Waals surface area contributed by atoms with Crippen molar-refractivity contribution >= 4 is 6.29 Å². The predicted octanol–water partition coefficient (Wildman–Crippen LogP) is 4.01. The van der Waals surface area contributed by atoms with Gasteiger partial charge in [0.25, 0.3) is 5.56 Å². The van der Waals surface area contributed by atoms with E-state index in [9.17, 15) is 9.59 Å². The van der Waals surface area contributed by atoms with E-state index in [0.29, 0.717) is 12.8 Å². The highest BCUT2D eigenvalue weighted by molar-refractivity contribution is 5.75. The highest BCUT2D eigenvalue weighted by Crippen LogP contribution is 2.27. The van der Waals surface area contributed by atoms with Gasteiger partial charge in [0.05, 0.1) is 11.3 Å². The number of pyridine rings is 1. The fourth-order valence-electron chi connectivity index (χ4n) is 3.37. The molecule has 0 amide bonds. The molecule has 0 radical (unpaired) electrons. The van der Waals surface area contributed by atoms with Gasteiger partial charge in [0, 0.05) is 6.54 Å². The summed E-state index contributed by atoms with van der Waals surface area (Å²) in [5.74, 6) is 0. The second kappa shape index (κ2) is 6.95. The minimum absolute atomic E-state index is 0.177. The number of rotatable bonds is 5. The van der Waals surface area contributed by atoms with E-state index in [-0.39, 0.29) is 11.1 Å². The lowest BCUT2D eigenvalue weighted by molar-refractivity contribution is 0.112. The minimum atomic E-state index is -0.177. The van der Waals surface area contributed by atoms with Crippen molar-refractivity contribution in [3.63, 3.8) is 0 Å². The zero-order chi connectivity index (χ0) is 16.2. The summed E-state index contributed by atoms with van der Waals surface area (Å²) in [6, 6.07) is 10.1. The monoisotopic (exact) mass is 309 g/mol. The van der Waals surface area contributed by atoms with E-state index in [1.165, 1.54) is 24.0 Å². The van der Waals surface area contributed by atoms with Gasteiger partial charge in [0.1, 0.15) is 0 Å². The maximum atomic E-state index is 12.5. The number of hydrogen-bond acceptors (Lipinski definition) is 2. The molecule has 0 fully saturated rings. The van der Waals surface area contributed by atoms with Crippen molar-refractivity contribution in [3.05, 3.63) is 57.4 Å². The number of aromatic nitrogens is 1. The standard InChI is InChI=1S/C20H23NO2/c1-2-3-12-21-19(11-10-18(14-22)20(21)23)17-9-8-15-6-4-5-7-16(15)13-17/h8-11,13-14H,2-7,12H2,1H3. The van der Waals surface area contributed by atoms with Gasteiger partial charge >= 0.3 is 0 Å². The number of aryl methyl sites for hydroxylation is 2. The Morgan fingerprint density at radius 2 is 1.87 bits per heavy atom. The minimum Gasteiger partial charge on any atom is -0.308 e. The van der Waals surface area contributed by atoms with E-state index in [0.717, 1.165) is 36.9 Å². The Morgan fingerprint density at radius 1 is 1.09 bits per heavy atom. The van der Waals surface area contributed by atoms with Crippen molar-refractivity contribution in [1.29, 1.82) is 0 Å². The first-order chi connectivity index (χ1) is 11.2. The van der Waals surface area contributed by atoms with E-state index in [4.69, 9.17) is 0 Å². The van der Waals surface area contributed by atoms with E-state index in [2.05, 4.69) is 25.1 Å². The van der Waals surface area contributed by atoms with Crippen LogP contribution in [0.2, 0.25) is 0 Å². The van der Waals surface area contributed by atoms with E-state index in [1.807, 2.05) is 6.07 Å². The fourth-order valence-corrected chi connectivity index (χ4v) is 3.37. The number of fused-ring (bicyclic) bond motifs is 1. The van der Waals surface area contributed by atoms with Crippen LogP contribution in [-0.2, 0) is 19.4 Å². The maximum absolute atomic E-state index is 12.5. The van der Waals surface area contributed by atoms with Crippen molar-refractivity contribution in [2.24, 2.45) is 0 Å². The Labute approximate surface area is 137 Å². The van der Waals surface area contributed by atoms with Gasteiger partial charge in [-0.2, -0.15) is 0 Å². The Hall–Kier alpha value is -2.16. The first-order valence-corrected chi connectivity index (χ1v) is 8.55. The summed E-state index contributed by atoms with van der Waals surface area (Å²) in [5.41, 5.74) is 4.90. The van der Waals surface area contributed by atoms with Gasteiger partial charge in [-0.1, -0.05) is 25.5 Å². The zero-order valence-corrected chi connectivity index (χ0v) is 13.7. The Kier molecular flexibility index (Phi) is 4.75. The number of nitrogens with zero attached hydrogens (tertiary/aromatic N) is 1. The van der Waals surface area contributed by atoms with E-state index in [1.54, 1.807) is 10.6 Å². The molecule has 0 unspecified atom stereocenters. The predicted molar refractivity (Wildman–Crippen MR) is 93.1 cm³/mol. The van der Waals surface area contributed by atoms with Crippen LogP contribution in [0.4, 0.5) is 0 Å². The molecule has 2 aromatic rings. The van der Waals surface area contributed by atoms with Crippen molar-refractivity contribution in [1.82, 2.24) is 4.57 Å². The second-order valence-corrected chi connectivity index (χ2v) is 6.29. The highest BCUT2D eigenvalue weighted by Gasteiger charge is 2.13. The molecule has 0 N–H and O–H groups in total. The van der Waals surface area contributed by atoms with Crippen LogP contribution < -0.4 is 5.56 Å². The molecule has 0 atom stereocenters. The number of carbonyl (C=O) groups excluding carboxylic acids is 1. The molecule has 1 aromatic heterocycles. The van der Waals surface area contributed by atoms with Crippen LogP contribution in [0.1, 0.15) is 54.1 Å². The first-order valence-electron chi connectivity index (χ1n) is 8.55. The molecule has 1 aromatic carbocycles. The quantitative estimate of drug-likeness (QED) is 0.783. The number of benzene rings is 1. The molecule has 0 saturated heterocycles. The summed E-state index contributed by atoms with van der Waals surface area (Å²) in [4.78, 5) is 23.6. The normalized spacial score (nSPS) is 13.6. The van der Waals surface area contributed by atoms with Crippen LogP contribution in [-0.4, -0.2) is 10.9 Å². The average molecular weight is 309 g/mol. The maximum Gasteiger partial charge on any atom is 0.261 e. The number of hydrogen-bond donors (Lipinski definition) is 0. The largest absolute Gasteiger partial charge is 0.308 e. The molecule has 3 nitrogen and oxygen atoms in total. The van der Waals surface area contributed by atoms with Gasteiger partial charge in [0.2, 0.25) is 0 Å². The van der Waals surface area contributed by atoms with E-state index >= 15 is 0 Å². The SMILES string of the molecule is CCCCn1c(-c2ccc3c(c2)CCCC3)ccc(C=O)c1=O. The summed E-state index contributed by atoms with van der Waals surface area (Å²) >= 11 is 0. The third-order valence-electron chi connectivity index (χ3n) is 4.71. The third kappa shape index (κ3) is 3.14. The number of unbranched alkanes of at least 4 members (excludes halogenated alkanes) is 1. The van der Waals surface area contributed by atoms with Gasteiger partial charge < -0.3 is 4.57 Å². The Balaban J connectivity index is 2.09. The molecule has 120 valence electrons. The van der Waals surface area contributed by atoms with Gasteiger partial charge in [0.15, 0.2) is 6.29 Å². The van der Waals surface area contributed by atoms with Crippen LogP contribution in [0, 0.1) is 0 Å². The Morgan fingerprint density at radius 3 is 2.61 bits per heavy atom. The lowest BCUT2D eigenvalue weighted by Crippen LogP contribution is -2.25. The molecule has 0 aliphatic heterocycles. The van der Waals surface area contributed by atoms with Crippen molar-refractivity contribution < 1.29 is 4.79 Å². The zero-order valence-electron chi connectivity index (χ0n) is 13.7. The van der Waals surface area contributed by atoms with Crippen molar-refractivity contribution in [3.8, 4) is 11.3 Å². The van der Waals surface area contributed by atoms with Crippen molar-refractivity contribution in [2.75, 3.05) is 0 Å². The topological polar surface area (TPSA) is 39.1 Å². The van der Waals surface area contributed by atoms with Gasteiger partial charge in [-0.3, -0.25) is 9.59 Å².